The molecule has 2 aliphatic carbocycles. The second-order valence-corrected chi connectivity index (χ2v) is 11.0. The maximum atomic E-state index is 13.6. The van der Waals surface area contributed by atoms with Crippen molar-refractivity contribution < 1.29 is 8.78 Å². The summed E-state index contributed by atoms with van der Waals surface area (Å²) in [6.45, 7) is 10.2. The third kappa shape index (κ3) is 5.93. The summed E-state index contributed by atoms with van der Waals surface area (Å²) in [6, 6.07) is 0.0754. The normalized spacial score (nSPS) is 30.5. The van der Waals surface area contributed by atoms with Gasteiger partial charge in [0, 0.05) is 18.6 Å². The third-order valence-electron chi connectivity index (χ3n) is 9.03. The first-order valence-corrected chi connectivity index (χ1v) is 12.6. The van der Waals surface area contributed by atoms with Crippen LogP contribution in [0.4, 0.5) is 8.78 Å². The molecule has 1 unspecified atom stereocenters. The van der Waals surface area contributed by atoms with Gasteiger partial charge in [0.2, 0.25) is 0 Å². The summed E-state index contributed by atoms with van der Waals surface area (Å²) in [5.41, 5.74) is 0.450. The molecule has 29 heavy (non-hydrogen) atoms. The van der Waals surface area contributed by atoms with E-state index in [1.807, 2.05) is 13.8 Å². The molecule has 0 N–H and O–H groups in total. The van der Waals surface area contributed by atoms with Crippen molar-refractivity contribution in [2.45, 2.75) is 117 Å². The standard InChI is InChI=1S/C25H46F2N2/c1-5-20(4)29(24(26)27)23-10-12-25(13-11-23)14-16-28(17-15-25)18-21-6-8-22(9-7-21)19(2)3/h19-24H,5-18H2,1-4H3. The molecule has 0 bridgehead atoms. The molecule has 3 rings (SSSR count). The van der Waals surface area contributed by atoms with Gasteiger partial charge in [0.25, 0.3) is 6.55 Å². The summed E-state index contributed by atoms with van der Waals surface area (Å²) in [4.78, 5) is 4.23. The Morgan fingerprint density at radius 1 is 0.897 bits per heavy atom. The van der Waals surface area contributed by atoms with Crippen molar-refractivity contribution >= 4 is 0 Å². The number of nitrogens with zero attached hydrogens (tertiary/aromatic N) is 2. The highest BCUT2D eigenvalue weighted by Gasteiger charge is 2.41. The number of rotatable bonds is 7. The molecule has 0 aromatic rings. The van der Waals surface area contributed by atoms with Crippen molar-refractivity contribution in [1.29, 1.82) is 0 Å². The topological polar surface area (TPSA) is 6.48 Å². The Balaban J connectivity index is 1.42. The minimum Gasteiger partial charge on any atom is -0.303 e. The van der Waals surface area contributed by atoms with Gasteiger partial charge in [-0.1, -0.05) is 20.8 Å². The van der Waals surface area contributed by atoms with Gasteiger partial charge < -0.3 is 4.90 Å². The molecule has 1 saturated heterocycles. The summed E-state index contributed by atoms with van der Waals surface area (Å²) >= 11 is 0. The molecular weight excluding hydrogens is 366 g/mol. The van der Waals surface area contributed by atoms with Crippen molar-refractivity contribution in [2.24, 2.45) is 23.2 Å². The number of piperidine rings is 1. The summed E-state index contributed by atoms with van der Waals surface area (Å²) in [6.07, 6.45) is 13.3. The van der Waals surface area contributed by atoms with Crippen LogP contribution in [-0.2, 0) is 0 Å². The molecule has 0 aromatic carbocycles. The van der Waals surface area contributed by atoms with E-state index in [0.717, 1.165) is 49.9 Å². The molecule has 4 heteroatoms. The zero-order valence-electron chi connectivity index (χ0n) is 19.5. The van der Waals surface area contributed by atoms with Crippen molar-refractivity contribution in [3.05, 3.63) is 0 Å². The highest BCUT2D eigenvalue weighted by Crippen LogP contribution is 2.46. The van der Waals surface area contributed by atoms with Gasteiger partial charge in [-0.3, -0.25) is 0 Å². The molecule has 1 spiro atoms. The first-order chi connectivity index (χ1) is 13.8. The Hall–Kier alpha value is -0.220. The SMILES string of the molecule is CCC(C)N(C(F)F)C1CCC2(CC1)CCN(CC1CCC(C(C)C)CC1)CC2. The van der Waals surface area contributed by atoms with Gasteiger partial charge in [-0.2, -0.15) is 8.78 Å². The predicted molar refractivity (Wildman–Crippen MR) is 118 cm³/mol. The molecule has 3 aliphatic rings. The second-order valence-electron chi connectivity index (χ2n) is 11.0. The van der Waals surface area contributed by atoms with E-state index in [-0.39, 0.29) is 12.1 Å². The molecule has 0 amide bonds. The number of alkyl halides is 2. The molecule has 3 fully saturated rings. The Kier molecular flexibility index (Phi) is 8.40. The Bertz CT molecular complexity index is 469. The molecular formula is C25H46F2N2. The fourth-order valence-electron chi connectivity index (χ4n) is 6.55. The van der Waals surface area contributed by atoms with E-state index in [1.54, 1.807) is 0 Å². The van der Waals surface area contributed by atoms with E-state index >= 15 is 0 Å². The molecule has 0 radical (unpaired) electrons. The first kappa shape index (κ1) is 23.4. The fraction of sp³-hybridized carbons (Fsp3) is 1.00. The van der Waals surface area contributed by atoms with Crippen LogP contribution in [0.15, 0.2) is 0 Å². The Morgan fingerprint density at radius 3 is 1.97 bits per heavy atom. The maximum absolute atomic E-state index is 13.6. The lowest BCUT2D eigenvalue weighted by atomic mass is 9.66. The van der Waals surface area contributed by atoms with Gasteiger partial charge in [-0.25, -0.2) is 4.90 Å². The highest BCUT2D eigenvalue weighted by molar-refractivity contribution is 4.93. The smallest absolute Gasteiger partial charge is 0.295 e. The average Bonchev–Trinajstić information content (AvgIpc) is 2.71. The van der Waals surface area contributed by atoms with Crippen molar-refractivity contribution in [2.75, 3.05) is 19.6 Å². The van der Waals surface area contributed by atoms with Crippen molar-refractivity contribution in [3.8, 4) is 0 Å². The van der Waals surface area contributed by atoms with Gasteiger partial charge in [-0.15, -0.1) is 0 Å². The van der Waals surface area contributed by atoms with Gasteiger partial charge in [0.15, 0.2) is 0 Å². The van der Waals surface area contributed by atoms with Gasteiger partial charge in [0.1, 0.15) is 0 Å². The van der Waals surface area contributed by atoms with Crippen molar-refractivity contribution in [1.82, 2.24) is 9.80 Å². The third-order valence-corrected chi connectivity index (χ3v) is 9.03. The fourth-order valence-corrected chi connectivity index (χ4v) is 6.55. The largest absolute Gasteiger partial charge is 0.303 e. The van der Waals surface area contributed by atoms with E-state index < -0.39 is 6.55 Å². The van der Waals surface area contributed by atoms with Crippen LogP contribution in [0.2, 0.25) is 0 Å². The molecule has 1 heterocycles. The monoisotopic (exact) mass is 412 g/mol. The lowest BCUT2D eigenvalue weighted by Gasteiger charge is -2.49. The predicted octanol–water partition coefficient (Wildman–Crippen LogP) is 6.80. The number of hydrogen-bond acceptors (Lipinski definition) is 2. The Morgan fingerprint density at radius 2 is 1.48 bits per heavy atom. The van der Waals surface area contributed by atoms with E-state index in [4.69, 9.17) is 0 Å². The van der Waals surface area contributed by atoms with E-state index in [9.17, 15) is 8.78 Å². The van der Waals surface area contributed by atoms with Crippen LogP contribution >= 0.6 is 0 Å². The van der Waals surface area contributed by atoms with Gasteiger partial charge >= 0.3 is 0 Å². The summed E-state index contributed by atoms with van der Waals surface area (Å²) in [5, 5.41) is 0. The molecule has 0 aromatic heterocycles. The number of likely N-dealkylation sites (tertiary alicyclic amines) is 1. The van der Waals surface area contributed by atoms with E-state index in [0.29, 0.717) is 5.41 Å². The highest BCUT2D eigenvalue weighted by atomic mass is 19.3. The van der Waals surface area contributed by atoms with Crippen LogP contribution in [0.1, 0.15) is 98.3 Å². The summed E-state index contributed by atoms with van der Waals surface area (Å²) in [7, 11) is 0. The van der Waals surface area contributed by atoms with E-state index in [2.05, 4.69) is 18.7 Å². The summed E-state index contributed by atoms with van der Waals surface area (Å²) in [5.74, 6) is 2.71. The quantitative estimate of drug-likeness (QED) is 0.424. The van der Waals surface area contributed by atoms with Crippen LogP contribution in [-0.4, -0.2) is 48.1 Å². The molecule has 1 atom stereocenters. The minimum atomic E-state index is -2.31. The molecule has 2 nitrogen and oxygen atoms in total. The molecule has 1 aliphatic heterocycles. The minimum absolute atomic E-state index is 0.0123. The molecule has 2 saturated carbocycles. The first-order valence-electron chi connectivity index (χ1n) is 12.6. The van der Waals surface area contributed by atoms with Crippen LogP contribution in [0.25, 0.3) is 0 Å². The van der Waals surface area contributed by atoms with Crippen LogP contribution in [0.5, 0.6) is 0 Å². The Labute approximate surface area is 178 Å². The van der Waals surface area contributed by atoms with E-state index in [1.165, 1.54) is 63.1 Å². The second kappa shape index (κ2) is 10.4. The van der Waals surface area contributed by atoms with Crippen LogP contribution in [0.3, 0.4) is 0 Å². The summed E-state index contributed by atoms with van der Waals surface area (Å²) < 4.78 is 27.2. The van der Waals surface area contributed by atoms with Crippen LogP contribution in [0, 0.1) is 23.2 Å². The maximum Gasteiger partial charge on any atom is 0.295 e. The number of hydrogen-bond donors (Lipinski definition) is 0. The lowest BCUT2D eigenvalue weighted by molar-refractivity contribution is -0.0963. The van der Waals surface area contributed by atoms with Crippen molar-refractivity contribution in [3.63, 3.8) is 0 Å². The lowest BCUT2D eigenvalue weighted by Crippen LogP contribution is -2.50. The van der Waals surface area contributed by atoms with Gasteiger partial charge in [0.05, 0.1) is 0 Å². The zero-order chi connectivity index (χ0) is 21.0. The van der Waals surface area contributed by atoms with Gasteiger partial charge in [-0.05, 0) is 114 Å². The average molecular weight is 413 g/mol. The molecule has 170 valence electrons. The van der Waals surface area contributed by atoms with Crippen LogP contribution < -0.4 is 0 Å². The number of halogens is 2. The zero-order valence-corrected chi connectivity index (χ0v) is 19.5.